The van der Waals surface area contributed by atoms with Gasteiger partial charge in [-0.2, -0.15) is 0 Å². The molecule has 19 heavy (non-hydrogen) atoms. The maximum atomic E-state index is 12.3. The topological polar surface area (TPSA) is 58.6 Å². The summed E-state index contributed by atoms with van der Waals surface area (Å²) in [5.41, 5.74) is -0.732. The van der Waals surface area contributed by atoms with Crippen LogP contribution in [0.5, 0.6) is 0 Å². The lowest BCUT2D eigenvalue weighted by atomic mass is 9.94. The number of rotatable bonds is 7. The Kier molecular flexibility index (Phi) is 4.45. The molecule has 0 radical (unpaired) electrons. The zero-order chi connectivity index (χ0) is 13.9. The molecule has 2 amide bonds. The largest absolute Gasteiger partial charge is 0.381 e. The van der Waals surface area contributed by atoms with Crippen LogP contribution in [0.1, 0.15) is 39.5 Å². The number of nitrogens with one attached hydrogen (secondary N) is 1. The van der Waals surface area contributed by atoms with Crippen LogP contribution >= 0.6 is 0 Å². The minimum atomic E-state index is -0.732. The Bertz CT molecular complexity index is 355. The fourth-order valence-corrected chi connectivity index (χ4v) is 2.31. The van der Waals surface area contributed by atoms with Crippen molar-refractivity contribution in [2.75, 3.05) is 26.3 Å². The molecule has 1 heterocycles. The first-order chi connectivity index (χ1) is 9.05. The van der Waals surface area contributed by atoms with Crippen LogP contribution in [0.3, 0.4) is 0 Å². The van der Waals surface area contributed by atoms with E-state index in [0.29, 0.717) is 19.6 Å². The molecule has 1 N–H and O–H groups in total. The van der Waals surface area contributed by atoms with Crippen LogP contribution in [-0.4, -0.2) is 48.6 Å². The lowest BCUT2D eigenvalue weighted by Gasteiger charge is -2.39. The van der Waals surface area contributed by atoms with Crippen molar-refractivity contribution >= 4 is 11.8 Å². The van der Waals surface area contributed by atoms with Crippen LogP contribution in [-0.2, 0) is 14.3 Å². The molecule has 0 aromatic heterocycles. The highest BCUT2D eigenvalue weighted by Crippen LogP contribution is 2.28. The highest BCUT2D eigenvalue weighted by molar-refractivity contribution is 5.97. The molecule has 0 spiro atoms. The molecule has 0 bridgehead atoms. The highest BCUT2D eigenvalue weighted by Gasteiger charge is 2.41. The number of piperazine rings is 1. The van der Waals surface area contributed by atoms with E-state index in [1.165, 1.54) is 12.8 Å². The lowest BCUT2D eigenvalue weighted by Crippen LogP contribution is -2.65. The summed E-state index contributed by atoms with van der Waals surface area (Å²) in [5.74, 6) is 0.727. The Morgan fingerprint density at radius 1 is 1.42 bits per heavy atom. The van der Waals surface area contributed by atoms with Crippen LogP contribution in [0, 0.1) is 5.92 Å². The van der Waals surface area contributed by atoms with Crippen LogP contribution in [0.4, 0.5) is 0 Å². The van der Waals surface area contributed by atoms with Crippen LogP contribution in [0.2, 0.25) is 0 Å². The molecular weight excluding hydrogens is 244 g/mol. The second-order valence-electron chi connectivity index (χ2n) is 5.83. The molecule has 0 aromatic rings. The fourth-order valence-electron chi connectivity index (χ4n) is 2.31. The molecule has 108 valence electrons. The van der Waals surface area contributed by atoms with Gasteiger partial charge in [0.25, 0.3) is 0 Å². The van der Waals surface area contributed by atoms with E-state index >= 15 is 0 Å². The summed E-state index contributed by atoms with van der Waals surface area (Å²) >= 11 is 0. The number of nitrogens with zero attached hydrogens (tertiary/aromatic N) is 1. The minimum Gasteiger partial charge on any atom is -0.381 e. The van der Waals surface area contributed by atoms with Crippen molar-refractivity contribution in [2.24, 2.45) is 5.92 Å². The normalized spacial score (nSPS) is 27.6. The second kappa shape index (κ2) is 5.90. The number of carbonyl (C=O) groups is 2. The van der Waals surface area contributed by atoms with Gasteiger partial charge in [-0.15, -0.1) is 0 Å². The summed E-state index contributed by atoms with van der Waals surface area (Å²) in [4.78, 5) is 25.6. The van der Waals surface area contributed by atoms with E-state index < -0.39 is 5.54 Å². The molecule has 5 nitrogen and oxygen atoms in total. The highest BCUT2D eigenvalue weighted by atomic mass is 16.5. The summed E-state index contributed by atoms with van der Waals surface area (Å²) in [7, 11) is 0. The average molecular weight is 268 g/mol. The van der Waals surface area contributed by atoms with E-state index in [0.717, 1.165) is 18.9 Å². The third-order valence-electron chi connectivity index (χ3n) is 3.98. The molecule has 1 saturated heterocycles. The summed E-state index contributed by atoms with van der Waals surface area (Å²) in [6.07, 6.45) is 4.00. The summed E-state index contributed by atoms with van der Waals surface area (Å²) < 4.78 is 5.55. The summed E-state index contributed by atoms with van der Waals surface area (Å²) in [5, 5.41) is 2.79. The molecule has 5 heteroatoms. The molecule has 1 saturated carbocycles. The van der Waals surface area contributed by atoms with Gasteiger partial charge >= 0.3 is 0 Å². The summed E-state index contributed by atoms with van der Waals surface area (Å²) in [6, 6.07) is 0. The molecule has 1 aliphatic heterocycles. The number of amides is 2. The smallest absolute Gasteiger partial charge is 0.248 e. The lowest BCUT2D eigenvalue weighted by molar-refractivity contribution is -0.149. The van der Waals surface area contributed by atoms with Crippen molar-refractivity contribution in [1.29, 1.82) is 0 Å². The van der Waals surface area contributed by atoms with Gasteiger partial charge in [0, 0.05) is 19.8 Å². The van der Waals surface area contributed by atoms with Gasteiger partial charge in [-0.25, -0.2) is 0 Å². The van der Waals surface area contributed by atoms with Crippen molar-refractivity contribution in [3.8, 4) is 0 Å². The van der Waals surface area contributed by atoms with Gasteiger partial charge in [0.2, 0.25) is 11.8 Å². The molecule has 1 atom stereocenters. The third-order valence-corrected chi connectivity index (χ3v) is 3.98. The van der Waals surface area contributed by atoms with Gasteiger partial charge in [0.1, 0.15) is 5.54 Å². The predicted molar refractivity (Wildman–Crippen MR) is 71.6 cm³/mol. The Morgan fingerprint density at radius 2 is 2.16 bits per heavy atom. The summed E-state index contributed by atoms with van der Waals surface area (Å²) in [6.45, 7) is 6.01. The van der Waals surface area contributed by atoms with E-state index in [2.05, 4.69) is 5.32 Å². The fraction of sp³-hybridized carbons (Fsp3) is 0.857. The molecular formula is C14H24N2O3. The molecule has 2 aliphatic rings. The number of ether oxygens (including phenoxy) is 1. The number of carbonyl (C=O) groups excluding carboxylic acids is 2. The van der Waals surface area contributed by atoms with Crippen molar-refractivity contribution in [3.63, 3.8) is 0 Å². The van der Waals surface area contributed by atoms with Crippen molar-refractivity contribution < 1.29 is 14.3 Å². The van der Waals surface area contributed by atoms with Gasteiger partial charge in [-0.05, 0) is 38.5 Å². The molecule has 0 aromatic carbocycles. The SMILES string of the molecule is CCC1(C)NC(=O)CN(CCCOCC2CC2)C1=O. The Hall–Kier alpha value is -1.10. The van der Waals surface area contributed by atoms with Gasteiger partial charge in [0.05, 0.1) is 6.54 Å². The van der Waals surface area contributed by atoms with Crippen molar-refractivity contribution in [1.82, 2.24) is 10.2 Å². The number of hydrogen-bond acceptors (Lipinski definition) is 3. The van der Waals surface area contributed by atoms with Crippen LogP contribution < -0.4 is 5.32 Å². The van der Waals surface area contributed by atoms with Gasteiger partial charge in [-0.1, -0.05) is 6.92 Å². The van der Waals surface area contributed by atoms with Gasteiger partial charge in [-0.3, -0.25) is 9.59 Å². The van der Waals surface area contributed by atoms with Crippen molar-refractivity contribution in [3.05, 3.63) is 0 Å². The first kappa shape index (κ1) is 14.3. The van der Waals surface area contributed by atoms with Gasteiger partial charge < -0.3 is 15.0 Å². The van der Waals surface area contributed by atoms with Crippen LogP contribution in [0.15, 0.2) is 0 Å². The minimum absolute atomic E-state index is 0.0248. The standard InChI is InChI=1S/C14H24N2O3/c1-3-14(2)13(18)16(9-12(17)15-14)7-4-8-19-10-11-5-6-11/h11H,3-10H2,1-2H3,(H,15,17). The third kappa shape index (κ3) is 3.69. The van der Waals surface area contributed by atoms with Crippen LogP contribution in [0.25, 0.3) is 0 Å². The van der Waals surface area contributed by atoms with Crippen molar-refractivity contribution in [2.45, 2.75) is 45.1 Å². The van der Waals surface area contributed by atoms with E-state index in [4.69, 9.17) is 4.74 Å². The number of hydrogen-bond donors (Lipinski definition) is 1. The predicted octanol–water partition coefficient (Wildman–Crippen LogP) is 0.930. The van der Waals surface area contributed by atoms with Gasteiger partial charge in [0.15, 0.2) is 0 Å². The first-order valence-corrected chi connectivity index (χ1v) is 7.23. The maximum Gasteiger partial charge on any atom is 0.248 e. The molecule has 1 aliphatic carbocycles. The quantitative estimate of drug-likeness (QED) is 0.699. The van der Waals surface area contributed by atoms with E-state index in [1.54, 1.807) is 11.8 Å². The van der Waals surface area contributed by atoms with E-state index in [9.17, 15) is 9.59 Å². The zero-order valence-electron chi connectivity index (χ0n) is 11.9. The maximum absolute atomic E-state index is 12.3. The zero-order valence-corrected chi connectivity index (χ0v) is 11.9. The average Bonchev–Trinajstić information content (AvgIpc) is 3.18. The van der Waals surface area contributed by atoms with E-state index in [-0.39, 0.29) is 18.4 Å². The second-order valence-corrected chi connectivity index (χ2v) is 5.83. The Balaban J connectivity index is 1.74. The Labute approximate surface area is 114 Å². The first-order valence-electron chi connectivity index (χ1n) is 7.23. The Morgan fingerprint density at radius 3 is 2.79 bits per heavy atom. The molecule has 2 fully saturated rings. The monoisotopic (exact) mass is 268 g/mol. The van der Waals surface area contributed by atoms with E-state index in [1.807, 2.05) is 6.92 Å². The molecule has 1 unspecified atom stereocenters. The molecule has 2 rings (SSSR count).